The van der Waals surface area contributed by atoms with Gasteiger partial charge in [0.15, 0.2) is 11.5 Å². The van der Waals surface area contributed by atoms with Gasteiger partial charge in [0.05, 0.1) is 26.4 Å². The number of nitrogens with zero attached hydrogens (tertiary/aromatic N) is 1. The molecule has 0 fully saturated rings. The van der Waals surface area contributed by atoms with E-state index in [1.165, 1.54) is 6.21 Å². The quantitative estimate of drug-likeness (QED) is 0.325. The van der Waals surface area contributed by atoms with Crippen LogP contribution in [0.25, 0.3) is 6.08 Å². The number of hydrogen-bond donors (Lipinski definition) is 3. The first-order valence-corrected chi connectivity index (χ1v) is 5.67. The van der Waals surface area contributed by atoms with E-state index in [2.05, 4.69) is 5.10 Å². The molecular weight excluding hydrogens is 244 g/mol. The van der Waals surface area contributed by atoms with E-state index in [-0.39, 0.29) is 11.8 Å². The van der Waals surface area contributed by atoms with Crippen molar-refractivity contribution in [2.24, 2.45) is 16.7 Å². The van der Waals surface area contributed by atoms with Crippen molar-refractivity contribution in [2.45, 2.75) is 5.92 Å². The van der Waals surface area contributed by atoms with Gasteiger partial charge in [0.2, 0.25) is 0 Å². The summed E-state index contributed by atoms with van der Waals surface area (Å²) >= 11 is 0. The number of rotatable bonds is 4. The number of amidine groups is 1. The van der Waals surface area contributed by atoms with Gasteiger partial charge in [-0.15, -0.1) is 0 Å². The van der Waals surface area contributed by atoms with Crippen LogP contribution in [0.15, 0.2) is 22.8 Å². The highest BCUT2D eigenvalue weighted by Crippen LogP contribution is 2.41. The lowest BCUT2D eigenvalue weighted by Crippen LogP contribution is -2.21. The number of hydrogen-bond acceptors (Lipinski definition) is 5. The lowest BCUT2D eigenvalue weighted by atomic mass is 9.95. The normalized spacial score (nSPS) is 17.2. The summed E-state index contributed by atoms with van der Waals surface area (Å²) in [4.78, 5) is 0. The molecule has 0 saturated heterocycles. The summed E-state index contributed by atoms with van der Waals surface area (Å²) in [6, 6.07) is 3.68. The summed E-state index contributed by atoms with van der Waals surface area (Å²) in [6.45, 7) is 0. The van der Waals surface area contributed by atoms with E-state index < -0.39 is 0 Å². The molecule has 0 saturated carbocycles. The van der Waals surface area contributed by atoms with Crippen LogP contribution in [0.3, 0.4) is 0 Å². The number of nitrogens with two attached hydrogens (primary N) is 2. The number of methoxy groups -OCH3 is 2. The minimum Gasteiger partial charge on any atom is -0.493 e. The van der Waals surface area contributed by atoms with Gasteiger partial charge in [-0.2, -0.15) is 5.10 Å². The Labute approximate surface area is 111 Å². The molecule has 1 aromatic carbocycles. The third kappa shape index (κ3) is 2.12. The lowest BCUT2D eigenvalue weighted by Gasteiger charge is -2.15. The van der Waals surface area contributed by atoms with Crippen LogP contribution in [0.5, 0.6) is 11.5 Å². The highest BCUT2D eigenvalue weighted by Gasteiger charge is 2.28. The van der Waals surface area contributed by atoms with E-state index in [9.17, 15) is 0 Å². The predicted octanol–water partition coefficient (Wildman–Crippen LogP) is 1.06. The minimum absolute atomic E-state index is 0.0390. The third-order valence-corrected chi connectivity index (χ3v) is 3.09. The standard InChI is InChI=1S/C13H16N4O2/c1-18-10-4-7-3-8(6-17-16)12(13(14)15)9(7)5-11(10)19-2/h3-6,12H,16H2,1-2H3,(H3,14,15). The monoisotopic (exact) mass is 260 g/mol. The van der Waals surface area contributed by atoms with Crippen LogP contribution in [-0.4, -0.2) is 26.3 Å². The van der Waals surface area contributed by atoms with E-state index in [0.29, 0.717) is 11.5 Å². The fraction of sp³-hybridized carbons (Fsp3) is 0.231. The molecule has 0 spiro atoms. The zero-order valence-corrected chi connectivity index (χ0v) is 10.8. The van der Waals surface area contributed by atoms with Gasteiger partial charge in [0.25, 0.3) is 0 Å². The van der Waals surface area contributed by atoms with E-state index in [0.717, 1.165) is 16.7 Å². The molecule has 6 heteroatoms. The van der Waals surface area contributed by atoms with Gasteiger partial charge in [0, 0.05) is 0 Å². The zero-order chi connectivity index (χ0) is 14.0. The third-order valence-electron chi connectivity index (χ3n) is 3.09. The van der Waals surface area contributed by atoms with Crippen molar-refractivity contribution < 1.29 is 9.47 Å². The first-order valence-electron chi connectivity index (χ1n) is 5.67. The molecule has 2 rings (SSSR count). The van der Waals surface area contributed by atoms with Crippen molar-refractivity contribution in [3.8, 4) is 11.5 Å². The van der Waals surface area contributed by atoms with E-state index in [1.54, 1.807) is 14.2 Å². The fourth-order valence-corrected chi connectivity index (χ4v) is 2.27. The van der Waals surface area contributed by atoms with Crippen LogP contribution in [0, 0.1) is 5.41 Å². The molecule has 1 aliphatic carbocycles. The van der Waals surface area contributed by atoms with Gasteiger partial charge in [-0.3, -0.25) is 5.41 Å². The summed E-state index contributed by atoms with van der Waals surface area (Å²) in [5.74, 6) is 6.11. The molecule has 0 heterocycles. The van der Waals surface area contributed by atoms with Gasteiger partial charge in [-0.05, 0) is 34.9 Å². The van der Waals surface area contributed by atoms with Crippen molar-refractivity contribution in [3.63, 3.8) is 0 Å². The van der Waals surface area contributed by atoms with E-state index in [4.69, 9.17) is 26.5 Å². The average Bonchev–Trinajstić information content (AvgIpc) is 2.74. The Kier molecular flexibility index (Phi) is 3.41. The van der Waals surface area contributed by atoms with Gasteiger partial charge in [0.1, 0.15) is 5.84 Å². The van der Waals surface area contributed by atoms with Crippen molar-refractivity contribution in [1.82, 2.24) is 0 Å². The summed E-state index contributed by atoms with van der Waals surface area (Å²) in [5, 5.41) is 11.2. The maximum absolute atomic E-state index is 7.72. The van der Waals surface area contributed by atoms with Crippen molar-refractivity contribution in [1.29, 1.82) is 5.41 Å². The SMILES string of the molecule is COc1cc2c(cc1OC)C(C(=N)N)C(C=NN)=C2. The van der Waals surface area contributed by atoms with Crippen LogP contribution >= 0.6 is 0 Å². The molecule has 0 amide bonds. The molecule has 1 aromatic rings. The van der Waals surface area contributed by atoms with Crippen LogP contribution in [0.2, 0.25) is 0 Å². The molecule has 1 unspecified atom stereocenters. The number of fused-ring (bicyclic) bond motifs is 1. The van der Waals surface area contributed by atoms with Crippen LogP contribution in [0.1, 0.15) is 17.0 Å². The Morgan fingerprint density at radius 1 is 1.32 bits per heavy atom. The van der Waals surface area contributed by atoms with Crippen LogP contribution in [-0.2, 0) is 0 Å². The molecule has 0 aromatic heterocycles. The maximum atomic E-state index is 7.72. The largest absolute Gasteiger partial charge is 0.493 e. The first-order chi connectivity index (χ1) is 9.12. The summed E-state index contributed by atoms with van der Waals surface area (Å²) in [5.41, 5.74) is 8.25. The Hall–Kier alpha value is -2.50. The molecule has 0 bridgehead atoms. The Morgan fingerprint density at radius 2 is 1.95 bits per heavy atom. The molecule has 1 aliphatic rings. The molecular formula is C13H16N4O2. The van der Waals surface area contributed by atoms with Gasteiger partial charge in [-0.25, -0.2) is 0 Å². The minimum atomic E-state index is -0.345. The summed E-state index contributed by atoms with van der Waals surface area (Å²) in [6.07, 6.45) is 3.39. The molecule has 0 aliphatic heterocycles. The molecule has 6 nitrogen and oxygen atoms in total. The smallest absolute Gasteiger partial charge is 0.161 e. The topological polar surface area (TPSA) is 107 Å². The second-order valence-electron chi connectivity index (χ2n) is 4.15. The number of hydrazone groups is 1. The molecule has 0 radical (unpaired) electrons. The van der Waals surface area contributed by atoms with Crippen molar-refractivity contribution >= 4 is 18.1 Å². The molecule has 100 valence electrons. The highest BCUT2D eigenvalue weighted by atomic mass is 16.5. The van der Waals surface area contributed by atoms with E-state index >= 15 is 0 Å². The number of ether oxygens (including phenoxy) is 2. The second-order valence-corrected chi connectivity index (χ2v) is 4.15. The molecule has 5 N–H and O–H groups in total. The van der Waals surface area contributed by atoms with E-state index in [1.807, 2.05) is 18.2 Å². The first kappa shape index (κ1) is 12.9. The Morgan fingerprint density at radius 3 is 2.47 bits per heavy atom. The van der Waals surface area contributed by atoms with Crippen molar-refractivity contribution in [2.75, 3.05) is 14.2 Å². The summed E-state index contributed by atoms with van der Waals surface area (Å²) in [7, 11) is 3.14. The zero-order valence-electron chi connectivity index (χ0n) is 10.8. The molecule has 1 atom stereocenters. The highest BCUT2D eigenvalue weighted by molar-refractivity contribution is 6.03. The van der Waals surface area contributed by atoms with Gasteiger partial charge in [-0.1, -0.05) is 0 Å². The lowest BCUT2D eigenvalue weighted by molar-refractivity contribution is 0.354. The van der Waals surface area contributed by atoms with Crippen LogP contribution < -0.4 is 21.1 Å². The molecule has 19 heavy (non-hydrogen) atoms. The Bertz CT molecular complexity index is 578. The van der Waals surface area contributed by atoms with Gasteiger partial charge < -0.3 is 21.1 Å². The van der Waals surface area contributed by atoms with Gasteiger partial charge >= 0.3 is 0 Å². The summed E-state index contributed by atoms with van der Waals surface area (Å²) < 4.78 is 10.5. The predicted molar refractivity (Wildman–Crippen MR) is 74.9 cm³/mol. The number of benzene rings is 1. The Balaban J connectivity index is 2.58. The second kappa shape index (κ2) is 5.01. The number of nitrogens with one attached hydrogen (secondary N) is 1. The maximum Gasteiger partial charge on any atom is 0.161 e. The van der Waals surface area contributed by atoms with Crippen molar-refractivity contribution in [3.05, 3.63) is 28.8 Å². The van der Waals surface area contributed by atoms with Crippen LogP contribution in [0.4, 0.5) is 0 Å². The average molecular weight is 260 g/mol. The fourth-order valence-electron chi connectivity index (χ4n) is 2.27.